The molecule has 0 spiro atoms. The normalized spacial score (nSPS) is 17.5. The van der Waals surface area contributed by atoms with E-state index in [4.69, 9.17) is 0 Å². The Kier molecular flexibility index (Phi) is 3.92. The number of hydrogen-bond acceptors (Lipinski definition) is 3. The number of amides is 1. The van der Waals surface area contributed by atoms with Crippen molar-refractivity contribution in [2.75, 3.05) is 13.1 Å². The summed E-state index contributed by atoms with van der Waals surface area (Å²) in [6, 6.07) is 6.55. The molecule has 0 bridgehead atoms. The summed E-state index contributed by atoms with van der Waals surface area (Å²) < 4.78 is 0. The van der Waals surface area contributed by atoms with Crippen LogP contribution in [0.5, 0.6) is 0 Å². The SMILES string of the molecule is CC(C)N1CCC(NC(=O)c2cc3cccnc3[nH]2)CC1. The lowest BCUT2D eigenvalue weighted by Crippen LogP contribution is -2.46. The van der Waals surface area contributed by atoms with Gasteiger partial charge >= 0.3 is 0 Å². The highest BCUT2D eigenvalue weighted by Crippen LogP contribution is 2.15. The van der Waals surface area contributed by atoms with E-state index >= 15 is 0 Å². The van der Waals surface area contributed by atoms with Gasteiger partial charge in [-0.05, 0) is 44.9 Å². The predicted octanol–water partition coefficient (Wildman–Crippen LogP) is 2.17. The summed E-state index contributed by atoms with van der Waals surface area (Å²) in [5, 5.41) is 4.10. The van der Waals surface area contributed by atoms with Crippen LogP contribution < -0.4 is 5.32 Å². The summed E-state index contributed by atoms with van der Waals surface area (Å²) in [5.74, 6) is -0.0315. The van der Waals surface area contributed by atoms with E-state index in [1.807, 2.05) is 18.2 Å². The Morgan fingerprint density at radius 3 is 2.86 bits per heavy atom. The van der Waals surface area contributed by atoms with Crippen molar-refractivity contribution < 1.29 is 4.79 Å². The quantitative estimate of drug-likeness (QED) is 0.909. The molecule has 0 atom stereocenters. The average molecular weight is 286 g/mol. The van der Waals surface area contributed by atoms with Gasteiger partial charge in [0.2, 0.25) is 0 Å². The molecule has 1 aliphatic heterocycles. The van der Waals surface area contributed by atoms with Gasteiger partial charge in [-0.25, -0.2) is 4.98 Å². The first kappa shape index (κ1) is 14.1. The third-order valence-corrected chi connectivity index (χ3v) is 4.23. The molecule has 1 amide bonds. The highest BCUT2D eigenvalue weighted by atomic mass is 16.1. The molecule has 2 aromatic rings. The average Bonchev–Trinajstić information content (AvgIpc) is 2.92. The number of carbonyl (C=O) groups is 1. The zero-order valence-electron chi connectivity index (χ0n) is 12.6. The summed E-state index contributed by atoms with van der Waals surface area (Å²) in [6.07, 6.45) is 3.76. The van der Waals surface area contributed by atoms with Gasteiger partial charge in [0.05, 0.1) is 0 Å². The van der Waals surface area contributed by atoms with Gasteiger partial charge in [0.15, 0.2) is 0 Å². The molecule has 0 radical (unpaired) electrons. The Morgan fingerprint density at radius 2 is 2.19 bits per heavy atom. The Hall–Kier alpha value is -1.88. The summed E-state index contributed by atoms with van der Waals surface area (Å²) in [6.45, 7) is 6.54. The number of likely N-dealkylation sites (tertiary alicyclic amines) is 1. The molecule has 0 aliphatic carbocycles. The first-order valence-corrected chi connectivity index (χ1v) is 7.62. The Morgan fingerprint density at radius 1 is 1.43 bits per heavy atom. The number of hydrogen-bond donors (Lipinski definition) is 2. The van der Waals surface area contributed by atoms with Crippen molar-refractivity contribution in [2.24, 2.45) is 0 Å². The van der Waals surface area contributed by atoms with Crippen molar-refractivity contribution in [3.63, 3.8) is 0 Å². The molecule has 5 heteroatoms. The van der Waals surface area contributed by atoms with Crippen molar-refractivity contribution in [3.8, 4) is 0 Å². The van der Waals surface area contributed by atoms with Crippen molar-refractivity contribution in [1.29, 1.82) is 0 Å². The van der Waals surface area contributed by atoms with Gasteiger partial charge in [-0.2, -0.15) is 0 Å². The number of pyridine rings is 1. The van der Waals surface area contributed by atoms with Gasteiger partial charge < -0.3 is 15.2 Å². The zero-order chi connectivity index (χ0) is 14.8. The molecular weight excluding hydrogens is 264 g/mol. The first-order chi connectivity index (χ1) is 10.1. The van der Waals surface area contributed by atoms with Crippen LogP contribution in [0.4, 0.5) is 0 Å². The molecular formula is C16H22N4O. The van der Waals surface area contributed by atoms with Crippen LogP contribution in [0.2, 0.25) is 0 Å². The molecule has 1 fully saturated rings. The van der Waals surface area contributed by atoms with Crippen LogP contribution >= 0.6 is 0 Å². The molecule has 21 heavy (non-hydrogen) atoms. The molecule has 0 saturated carbocycles. The molecule has 3 heterocycles. The van der Waals surface area contributed by atoms with Crippen LogP contribution in [0.15, 0.2) is 24.4 Å². The van der Waals surface area contributed by atoms with Crippen molar-refractivity contribution in [3.05, 3.63) is 30.1 Å². The largest absolute Gasteiger partial charge is 0.348 e. The van der Waals surface area contributed by atoms with Crippen LogP contribution in [0.25, 0.3) is 11.0 Å². The van der Waals surface area contributed by atoms with Gasteiger partial charge in [-0.15, -0.1) is 0 Å². The number of rotatable bonds is 3. The molecule has 1 aliphatic rings. The summed E-state index contributed by atoms with van der Waals surface area (Å²) in [4.78, 5) is 22.1. The van der Waals surface area contributed by atoms with Gasteiger partial charge in [0.1, 0.15) is 11.3 Å². The molecule has 1 saturated heterocycles. The number of piperidine rings is 1. The molecule has 2 N–H and O–H groups in total. The van der Waals surface area contributed by atoms with Crippen LogP contribution in [0, 0.1) is 0 Å². The lowest BCUT2D eigenvalue weighted by Gasteiger charge is -2.34. The maximum Gasteiger partial charge on any atom is 0.267 e. The molecule has 0 aromatic carbocycles. The molecule has 2 aromatic heterocycles. The van der Waals surface area contributed by atoms with E-state index in [-0.39, 0.29) is 11.9 Å². The minimum Gasteiger partial charge on any atom is -0.348 e. The van der Waals surface area contributed by atoms with Crippen molar-refractivity contribution in [1.82, 2.24) is 20.2 Å². The number of aromatic amines is 1. The summed E-state index contributed by atoms with van der Waals surface area (Å²) in [5.41, 5.74) is 1.35. The number of nitrogens with one attached hydrogen (secondary N) is 2. The third kappa shape index (κ3) is 3.08. The predicted molar refractivity (Wildman–Crippen MR) is 83.3 cm³/mol. The monoisotopic (exact) mass is 286 g/mol. The van der Waals surface area contributed by atoms with Crippen LogP contribution in [0.1, 0.15) is 37.2 Å². The first-order valence-electron chi connectivity index (χ1n) is 7.62. The van der Waals surface area contributed by atoms with E-state index in [2.05, 4.69) is 34.0 Å². The molecule has 0 unspecified atom stereocenters. The van der Waals surface area contributed by atoms with Crippen LogP contribution in [-0.2, 0) is 0 Å². The number of aromatic nitrogens is 2. The fraction of sp³-hybridized carbons (Fsp3) is 0.500. The van der Waals surface area contributed by atoms with Crippen LogP contribution in [-0.4, -0.2) is 45.9 Å². The summed E-state index contributed by atoms with van der Waals surface area (Å²) >= 11 is 0. The highest BCUT2D eigenvalue weighted by molar-refractivity contribution is 5.97. The van der Waals surface area contributed by atoms with Gasteiger partial charge in [-0.3, -0.25) is 4.79 Å². The van der Waals surface area contributed by atoms with Gasteiger partial charge in [-0.1, -0.05) is 0 Å². The van der Waals surface area contributed by atoms with Gasteiger partial charge in [0.25, 0.3) is 5.91 Å². The van der Waals surface area contributed by atoms with E-state index in [0.29, 0.717) is 11.7 Å². The molecule has 112 valence electrons. The van der Waals surface area contributed by atoms with Crippen molar-refractivity contribution >= 4 is 16.9 Å². The maximum absolute atomic E-state index is 12.3. The topological polar surface area (TPSA) is 61.0 Å². The second-order valence-electron chi connectivity index (χ2n) is 6.00. The number of H-pyrrole nitrogens is 1. The van der Waals surface area contributed by atoms with E-state index in [9.17, 15) is 4.79 Å². The van der Waals surface area contributed by atoms with E-state index in [1.165, 1.54) is 0 Å². The summed E-state index contributed by atoms with van der Waals surface area (Å²) in [7, 11) is 0. The minimum absolute atomic E-state index is 0.0315. The maximum atomic E-state index is 12.3. The molecule has 3 rings (SSSR count). The smallest absolute Gasteiger partial charge is 0.267 e. The van der Waals surface area contributed by atoms with E-state index in [1.54, 1.807) is 6.20 Å². The fourth-order valence-electron chi connectivity index (χ4n) is 2.90. The van der Waals surface area contributed by atoms with E-state index in [0.717, 1.165) is 37.0 Å². The van der Waals surface area contributed by atoms with Crippen molar-refractivity contribution in [2.45, 2.75) is 38.8 Å². The minimum atomic E-state index is -0.0315. The standard InChI is InChI=1S/C16H22N4O/c1-11(2)20-8-5-13(6-9-20)18-16(21)14-10-12-4-3-7-17-15(12)19-14/h3-4,7,10-11,13H,5-6,8-9H2,1-2H3,(H,17,19)(H,18,21). The number of carbonyl (C=O) groups excluding carboxylic acids is 1. The second-order valence-corrected chi connectivity index (χ2v) is 6.00. The Labute approximate surface area is 124 Å². The Bertz CT molecular complexity index is 593. The number of fused-ring (bicyclic) bond motifs is 1. The fourth-order valence-corrected chi connectivity index (χ4v) is 2.90. The highest BCUT2D eigenvalue weighted by Gasteiger charge is 2.22. The zero-order valence-corrected chi connectivity index (χ0v) is 12.6. The molecule has 5 nitrogen and oxygen atoms in total. The number of nitrogens with zero attached hydrogens (tertiary/aromatic N) is 2. The Balaban J connectivity index is 1.62. The van der Waals surface area contributed by atoms with Crippen LogP contribution in [0.3, 0.4) is 0 Å². The van der Waals surface area contributed by atoms with E-state index < -0.39 is 0 Å². The lowest BCUT2D eigenvalue weighted by atomic mass is 10.0. The lowest BCUT2D eigenvalue weighted by molar-refractivity contribution is 0.0896. The van der Waals surface area contributed by atoms with Gasteiger partial charge in [0, 0.05) is 36.8 Å². The third-order valence-electron chi connectivity index (χ3n) is 4.23. The second kappa shape index (κ2) is 5.85.